The molecule has 1 unspecified atom stereocenters. The Labute approximate surface area is 128 Å². The standard InChI is InChI=1S/C17H28N4/c1-3-14-8-5-6-9-15(14)12-19-17(18)20-13-16-10-7-11-21(16)4-2/h5-6,8-9,16H,3-4,7,10-13H2,1-2H3,(H3,18,19,20). The van der Waals surface area contributed by atoms with Gasteiger partial charge in [0.2, 0.25) is 0 Å². The maximum atomic E-state index is 6.00. The summed E-state index contributed by atoms with van der Waals surface area (Å²) in [5.74, 6) is 0.559. The van der Waals surface area contributed by atoms with E-state index in [4.69, 9.17) is 5.73 Å². The Balaban J connectivity index is 1.84. The van der Waals surface area contributed by atoms with Gasteiger partial charge in [0.25, 0.3) is 0 Å². The number of likely N-dealkylation sites (N-methyl/N-ethyl adjacent to an activating group) is 1. The molecule has 4 heteroatoms. The molecule has 1 aromatic rings. The van der Waals surface area contributed by atoms with Crippen molar-refractivity contribution in [2.45, 2.75) is 45.7 Å². The predicted octanol–water partition coefficient (Wildman–Crippen LogP) is 2.14. The van der Waals surface area contributed by atoms with Gasteiger partial charge in [-0.3, -0.25) is 4.90 Å². The summed E-state index contributed by atoms with van der Waals surface area (Å²) < 4.78 is 0. The molecule has 1 fully saturated rings. The summed E-state index contributed by atoms with van der Waals surface area (Å²) in [6, 6.07) is 9.03. The van der Waals surface area contributed by atoms with E-state index in [0.717, 1.165) is 19.5 Å². The third kappa shape index (κ3) is 4.46. The van der Waals surface area contributed by atoms with Crippen LogP contribution in [0.2, 0.25) is 0 Å². The van der Waals surface area contributed by atoms with E-state index in [2.05, 4.69) is 53.3 Å². The van der Waals surface area contributed by atoms with Crippen LogP contribution < -0.4 is 11.1 Å². The van der Waals surface area contributed by atoms with Gasteiger partial charge in [-0.1, -0.05) is 38.1 Å². The van der Waals surface area contributed by atoms with Gasteiger partial charge in [-0.15, -0.1) is 0 Å². The second kappa shape index (κ2) is 8.03. The summed E-state index contributed by atoms with van der Waals surface area (Å²) in [6.45, 7) is 8.28. The third-order valence-corrected chi connectivity index (χ3v) is 4.34. The van der Waals surface area contributed by atoms with Crippen LogP contribution in [0, 0.1) is 0 Å². The topological polar surface area (TPSA) is 53.6 Å². The molecule has 0 saturated carbocycles. The number of hydrogen-bond donors (Lipinski definition) is 2. The molecule has 0 radical (unpaired) electrons. The first-order chi connectivity index (χ1) is 10.2. The highest BCUT2D eigenvalue weighted by molar-refractivity contribution is 5.77. The van der Waals surface area contributed by atoms with Crippen molar-refractivity contribution < 1.29 is 0 Å². The minimum Gasteiger partial charge on any atom is -0.370 e. The SMILES string of the molecule is CCc1ccccc1CN=C(N)NCC1CCCN1CC. The molecule has 0 bridgehead atoms. The van der Waals surface area contributed by atoms with E-state index in [-0.39, 0.29) is 0 Å². The molecule has 0 amide bonds. The van der Waals surface area contributed by atoms with Gasteiger partial charge >= 0.3 is 0 Å². The van der Waals surface area contributed by atoms with Crippen LogP contribution in [0.3, 0.4) is 0 Å². The molecule has 1 aromatic carbocycles. The molecule has 1 saturated heterocycles. The monoisotopic (exact) mass is 288 g/mol. The number of benzene rings is 1. The second-order valence-corrected chi connectivity index (χ2v) is 5.63. The quantitative estimate of drug-likeness (QED) is 0.623. The van der Waals surface area contributed by atoms with E-state index in [9.17, 15) is 0 Å². The Morgan fingerprint density at radius 3 is 2.81 bits per heavy atom. The number of aryl methyl sites for hydroxylation is 1. The van der Waals surface area contributed by atoms with E-state index in [1.165, 1.54) is 30.5 Å². The highest BCUT2D eigenvalue weighted by Gasteiger charge is 2.22. The summed E-state index contributed by atoms with van der Waals surface area (Å²) in [5.41, 5.74) is 8.61. The lowest BCUT2D eigenvalue weighted by Gasteiger charge is -2.23. The average molecular weight is 288 g/mol. The Kier molecular flexibility index (Phi) is 6.05. The Hall–Kier alpha value is -1.55. The van der Waals surface area contributed by atoms with E-state index < -0.39 is 0 Å². The predicted molar refractivity (Wildman–Crippen MR) is 89.4 cm³/mol. The zero-order valence-electron chi connectivity index (χ0n) is 13.3. The molecule has 0 spiro atoms. The van der Waals surface area contributed by atoms with Crippen LogP contribution in [0.1, 0.15) is 37.8 Å². The normalized spacial score (nSPS) is 19.9. The number of nitrogens with zero attached hydrogens (tertiary/aromatic N) is 2. The largest absolute Gasteiger partial charge is 0.370 e. The van der Waals surface area contributed by atoms with Crippen molar-refractivity contribution in [1.29, 1.82) is 0 Å². The van der Waals surface area contributed by atoms with Crippen molar-refractivity contribution in [2.75, 3.05) is 19.6 Å². The smallest absolute Gasteiger partial charge is 0.188 e. The van der Waals surface area contributed by atoms with E-state index in [1.54, 1.807) is 0 Å². The fourth-order valence-corrected chi connectivity index (χ4v) is 3.05. The van der Waals surface area contributed by atoms with Crippen molar-refractivity contribution in [1.82, 2.24) is 10.2 Å². The third-order valence-electron chi connectivity index (χ3n) is 4.34. The molecule has 2 rings (SSSR count). The number of likely N-dealkylation sites (tertiary alicyclic amines) is 1. The van der Waals surface area contributed by atoms with Gasteiger partial charge in [-0.05, 0) is 43.5 Å². The van der Waals surface area contributed by atoms with Crippen LogP contribution in [0.5, 0.6) is 0 Å². The van der Waals surface area contributed by atoms with Gasteiger partial charge in [0, 0.05) is 12.6 Å². The summed E-state index contributed by atoms with van der Waals surface area (Å²) in [7, 11) is 0. The summed E-state index contributed by atoms with van der Waals surface area (Å²) >= 11 is 0. The van der Waals surface area contributed by atoms with Crippen molar-refractivity contribution in [3.63, 3.8) is 0 Å². The Bertz CT molecular complexity index is 470. The summed E-state index contributed by atoms with van der Waals surface area (Å²) in [4.78, 5) is 6.99. The molecule has 1 aliphatic heterocycles. The number of nitrogens with two attached hydrogens (primary N) is 1. The lowest BCUT2D eigenvalue weighted by atomic mass is 10.1. The highest BCUT2D eigenvalue weighted by atomic mass is 15.2. The molecule has 3 N–H and O–H groups in total. The first-order valence-electron chi connectivity index (χ1n) is 8.09. The van der Waals surface area contributed by atoms with Crippen LogP contribution in [0.25, 0.3) is 0 Å². The van der Waals surface area contributed by atoms with E-state index in [1.807, 2.05) is 0 Å². The molecule has 1 atom stereocenters. The Morgan fingerprint density at radius 2 is 2.10 bits per heavy atom. The first kappa shape index (κ1) is 15.8. The van der Waals surface area contributed by atoms with Crippen LogP contribution in [-0.2, 0) is 13.0 Å². The fourth-order valence-electron chi connectivity index (χ4n) is 3.05. The summed E-state index contributed by atoms with van der Waals surface area (Å²) in [6.07, 6.45) is 3.58. The molecular formula is C17H28N4. The molecule has 0 aliphatic carbocycles. The number of rotatable bonds is 6. The van der Waals surface area contributed by atoms with Crippen molar-refractivity contribution in [2.24, 2.45) is 10.7 Å². The van der Waals surface area contributed by atoms with Gasteiger partial charge in [0.15, 0.2) is 5.96 Å². The van der Waals surface area contributed by atoms with Crippen LogP contribution in [-0.4, -0.2) is 36.5 Å². The molecular weight excluding hydrogens is 260 g/mol. The van der Waals surface area contributed by atoms with Gasteiger partial charge in [0.05, 0.1) is 6.54 Å². The molecule has 1 heterocycles. The zero-order valence-corrected chi connectivity index (χ0v) is 13.3. The van der Waals surface area contributed by atoms with E-state index >= 15 is 0 Å². The van der Waals surface area contributed by atoms with Crippen LogP contribution in [0.15, 0.2) is 29.3 Å². The Morgan fingerprint density at radius 1 is 1.33 bits per heavy atom. The fraction of sp³-hybridized carbons (Fsp3) is 0.588. The highest BCUT2D eigenvalue weighted by Crippen LogP contribution is 2.15. The average Bonchev–Trinajstić information content (AvgIpc) is 2.98. The van der Waals surface area contributed by atoms with Gasteiger partial charge in [0.1, 0.15) is 0 Å². The summed E-state index contributed by atoms with van der Waals surface area (Å²) in [5, 5.41) is 3.28. The van der Waals surface area contributed by atoms with Crippen LogP contribution in [0.4, 0.5) is 0 Å². The second-order valence-electron chi connectivity index (χ2n) is 5.63. The zero-order chi connectivity index (χ0) is 15.1. The lowest BCUT2D eigenvalue weighted by molar-refractivity contribution is 0.267. The first-order valence-corrected chi connectivity index (χ1v) is 8.09. The van der Waals surface area contributed by atoms with Gasteiger partial charge < -0.3 is 11.1 Å². The molecule has 4 nitrogen and oxygen atoms in total. The minimum absolute atomic E-state index is 0.559. The number of aliphatic imine (C=N–C) groups is 1. The van der Waals surface area contributed by atoms with E-state index in [0.29, 0.717) is 18.5 Å². The maximum Gasteiger partial charge on any atom is 0.188 e. The minimum atomic E-state index is 0.559. The maximum absolute atomic E-state index is 6.00. The van der Waals surface area contributed by atoms with Gasteiger partial charge in [-0.25, -0.2) is 4.99 Å². The number of guanidine groups is 1. The van der Waals surface area contributed by atoms with Crippen molar-refractivity contribution in [3.05, 3.63) is 35.4 Å². The lowest BCUT2D eigenvalue weighted by Crippen LogP contribution is -2.42. The molecule has 0 aromatic heterocycles. The number of nitrogens with one attached hydrogen (secondary N) is 1. The molecule has 21 heavy (non-hydrogen) atoms. The number of hydrogen-bond acceptors (Lipinski definition) is 2. The van der Waals surface area contributed by atoms with Crippen molar-refractivity contribution >= 4 is 5.96 Å². The van der Waals surface area contributed by atoms with Crippen molar-refractivity contribution in [3.8, 4) is 0 Å². The van der Waals surface area contributed by atoms with Crippen LogP contribution >= 0.6 is 0 Å². The molecule has 1 aliphatic rings. The van der Waals surface area contributed by atoms with Gasteiger partial charge in [-0.2, -0.15) is 0 Å². The molecule has 116 valence electrons.